The molecule has 0 bridgehead atoms. The van der Waals surface area contributed by atoms with Gasteiger partial charge in [-0.3, -0.25) is 14.6 Å². The van der Waals surface area contributed by atoms with E-state index in [-0.39, 0.29) is 21.1 Å². The summed E-state index contributed by atoms with van der Waals surface area (Å²) in [4.78, 5) is 0. The van der Waals surface area contributed by atoms with E-state index in [4.69, 9.17) is 30.1 Å². The Kier molecular flexibility index (Phi) is 20.6. The van der Waals surface area contributed by atoms with Crippen molar-refractivity contribution >= 4 is 14.6 Å². The molecule has 0 aliphatic heterocycles. The van der Waals surface area contributed by atoms with Crippen molar-refractivity contribution in [1.82, 2.24) is 0 Å². The Morgan fingerprint density at radius 2 is 0.556 bits per heavy atom. The maximum atomic E-state index is 8.42. The minimum atomic E-state index is -2.92. The zero-order valence-electron chi connectivity index (χ0n) is 4.01. The molecule has 0 unspecified atom stereocenters. The zero-order chi connectivity index (χ0) is 7.15. The van der Waals surface area contributed by atoms with Gasteiger partial charge in [-0.25, -0.2) is 0 Å². The molecule has 0 saturated heterocycles. The fraction of sp³-hybridized carbons (Fsp3) is 0. The van der Waals surface area contributed by atoms with E-state index in [1.807, 2.05) is 0 Å². The first-order valence-corrected chi connectivity index (χ1v) is 1.41. The predicted molar refractivity (Wildman–Crippen MR) is 11.5 cm³/mol. The van der Waals surface area contributed by atoms with E-state index < -0.39 is 14.6 Å². The van der Waals surface area contributed by atoms with Crippen LogP contribution in [0.5, 0.6) is 0 Å². The number of rotatable bonds is 0. The summed E-state index contributed by atoms with van der Waals surface area (Å²) in [5.41, 5.74) is 0. The minimum absolute atomic E-state index is 0. The molecule has 0 aliphatic rings. The largest absolute Gasteiger partial charge is 0.907 e. The minimum Gasteiger partial charge on any atom is -0.907 e. The third kappa shape index (κ3) is 1110. The van der Waals surface area contributed by atoms with E-state index in [0.717, 1.165) is 0 Å². The monoisotopic (exact) mass is 216 g/mol. The van der Waals surface area contributed by atoms with E-state index in [9.17, 15) is 0 Å². The zero-order valence-corrected chi connectivity index (χ0v) is 6.02. The third-order valence-electron chi connectivity index (χ3n) is 0. The predicted octanol–water partition coefficient (Wildman–Crippen LogP) is -7.90. The summed E-state index contributed by atoms with van der Waals surface area (Å²) in [7, 11) is -5.83. The molecule has 0 aromatic carbocycles. The Labute approximate surface area is 66.4 Å². The summed E-state index contributed by atoms with van der Waals surface area (Å²) in [5.74, 6) is 0. The summed E-state index contributed by atoms with van der Waals surface area (Å²) >= 11 is 0. The van der Waals surface area contributed by atoms with Gasteiger partial charge in [0.15, 0.2) is 0 Å². The van der Waals surface area contributed by atoms with Crippen LogP contribution < -0.4 is 30.1 Å². The van der Waals surface area contributed by atoms with Crippen LogP contribution >= 0.6 is 0 Å². The number of hydrogen-bond acceptors (Lipinski definition) is 6. The molecule has 0 N–H and O–H groups in total. The van der Waals surface area contributed by atoms with Gasteiger partial charge in [-0.2, -0.15) is 0 Å². The fourth-order valence-electron chi connectivity index (χ4n) is 0. The molecular weight excluding hydrogens is 214 g/mol. The molecule has 9 heavy (non-hydrogen) atoms. The third-order valence-corrected chi connectivity index (χ3v) is 0. The SMILES string of the molecule is [Mo].[O-]B([O-])[O-].[O-]B([O-])[O-]. The van der Waals surface area contributed by atoms with Crippen LogP contribution in [-0.4, -0.2) is 14.6 Å². The standard InChI is InChI=1S/2BO3.Mo/c2*2-1(3)4;/q2*-3;. The normalized spacial score (nSPS) is 6.00. The number of hydrogen-bond donors (Lipinski definition) is 0. The van der Waals surface area contributed by atoms with E-state index >= 15 is 0 Å². The maximum absolute atomic E-state index is 8.42. The van der Waals surface area contributed by atoms with Gasteiger partial charge in [0.05, 0.1) is 0 Å². The average molecular weight is 214 g/mol. The van der Waals surface area contributed by atoms with Gasteiger partial charge < -0.3 is 30.1 Å². The smallest absolute Gasteiger partial charge is 0 e. The van der Waals surface area contributed by atoms with Gasteiger partial charge in [-0.15, -0.1) is 0 Å². The van der Waals surface area contributed by atoms with Crippen LogP contribution in [0.25, 0.3) is 0 Å². The van der Waals surface area contributed by atoms with Gasteiger partial charge in [0.2, 0.25) is 0 Å². The Morgan fingerprint density at radius 1 is 0.556 bits per heavy atom. The topological polar surface area (TPSA) is 138 Å². The van der Waals surface area contributed by atoms with Gasteiger partial charge in [0.25, 0.3) is 0 Å². The summed E-state index contributed by atoms with van der Waals surface area (Å²) in [6.45, 7) is 0. The van der Waals surface area contributed by atoms with Crippen molar-refractivity contribution in [3.8, 4) is 0 Å². The van der Waals surface area contributed by atoms with Crippen molar-refractivity contribution in [3.63, 3.8) is 0 Å². The first-order chi connectivity index (χ1) is 3.46. The molecule has 0 radical (unpaired) electrons. The fourth-order valence-corrected chi connectivity index (χ4v) is 0. The molecule has 0 aliphatic carbocycles. The second-order valence-corrected chi connectivity index (χ2v) is 0.577. The molecule has 0 spiro atoms. The van der Waals surface area contributed by atoms with E-state index in [1.54, 1.807) is 0 Å². The van der Waals surface area contributed by atoms with E-state index in [2.05, 4.69) is 0 Å². The Hall–Kier alpha value is 0.578. The van der Waals surface area contributed by atoms with E-state index in [0.29, 0.717) is 0 Å². The molecule has 0 amide bonds. The maximum Gasteiger partial charge on any atom is 0 e. The molecule has 0 heterocycles. The first-order valence-electron chi connectivity index (χ1n) is 1.41. The van der Waals surface area contributed by atoms with Crippen LogP contribution in [0.1, 0.15) is 0 Å². The van der Waals surface area contributed by atoms with Crippen molar-refractivity contribution in [2.45, 2.75) is 0 Å². The van der Waals surface area contributed by atoms with Crippen LogP contribution in [0.2, 0.25) is 0 Å². The van der Waals surface area contributed by atoms with Gasteiger partial charge >= 0.3 is 0 Å². The molecule has 0 fully saturated rings. The molecule has 0 saturated carbocycles. The van der Waals surface area contributed by atoms with Crippen LogP contribution in [0, 0.1) is 0 Å². The van der Waals surface area contributed by atoms with Gasteiger partial charge in [-0.1, -0.05) is 0 Å². The molecule has 6 nitrogen and oxygen atoms in total. The summed E-state index contributed by atoms with van der Waals surface area (Å²) in [6, 6.07) is 0. The van der Waals surface area contributed by atoms with Crippen LogP contribution in [0.15, 0.2) is 0 Å². The van der Waals surface area contributed by atoms with Crippen LogP contribution in [-0.2, 0) is 21.1 Å². The van der Waals surface area contributed by atoms with Crippen LogP contribution in [0.3, 0.4) is 0 Å². The van der Waals surface area contributed by atoms with Crippen molar-refractivity contribution in [2.75, 3.05) is 0 Å². The summed E-state index contributed by atoms with van der Waals surface area (Å²) in [5, 5.41) is 50.5. The molecular formula is B2MoO6-6. The van der Waals surface area contributed by atoms with Crippen molar-refractivity contribution < 1.29 is 51.2 Å². The molecule has 9 heteroatoms. The Balaban J connectivity index is -0.0000000720. The second kappa shape index (κ2) is 11.4. The van der Waals surface area contributed by atoms with Crippen molar-refractivity contribution in [3.05, 3.63) is 0 Å². The van der Waals surface area contributed by atoms with Crippen LogP contribution in [0.4, 0.5) is 0 Å². The molecule has 54 valence electrons. The molecule has 0 aromatic rings. The van der Waals surface area contributed by atoms with Crippen molar-refractivity contribution in [2.24, 2.45) is 0 Å². The molecule has 0 rings (SSSR count). The Bertz CT molecular complexity index is 26.5. The molecule has 0 atom stereocenters. The van der Waals surface area contributed by atoms with Crippen molar-refractivity contribution in [1.29, 1.82) is 0 Å². The summed E-state index contributed by atoms with van der Waals surface area (Å²) < 4.78 is 0. The van der Waals surface area contributed by atoms with Gasteiger partial charge in [0.1, 0.15) is 0 Å². The van der Waals surface area contributed by atoms with E-state index in [1.165, 1.54) is 0 Å². The van der Waals surface area contributed by atoms with Gasteiger partial charge in [-0.05, 0) is 0 Å². The van der Waals surface area contributed by atoms with Gasteiger partial charge in [0, 0.05) is 21.1 Å². The molecule has 0 aromatic heterocycles. The Morgan fingerprint density at radius 3 is 0.556 bits per heavy atom. The average Bonchev–Trinajstić information content (AvgIpc) is 1.25. The first kappa shape index (κ1) is 16.3. The second-order valence-electron chi connectivity index (χ2n) is 0.577. The quantitative estimate of drug-likeness (QED) is 0.366. The summed E-state index contributed by atoms with van der Waals surface area (Å²) in [6.07, 6.45) is 0.